The third-order valence-corrected chi connectivity index (χ3v) is 4.27. The maximum Gasteiger partial charge on any atom is 0.159 e. The Morgan fingerprint density at radius 2 is 2.18 bits per heavy atom. The lowest BCUT2D eigenvalue weighted by molar-refractivity contribution is -0.185. The number of rotatable bonds is 2. The summed E-state index contributed by atoms with van der Waals surface area (Å²) in [4.78, 5) is 4.23. The van der Waals surface area contributed by atoms with Gasteiger partial charge in [0.05, 0.1) is 6.10 Å². The van der Waals surface area contributed by atoms with Crippen molar-refractivity contribution in [3.8, 4) is 0 Å². The number of amidine groups is 1. The van der Waals surface area contributed by atoms with Crippen molar-refractivity contribution in [1.29, 1.82) is 0 Å². The van der Waals surface area contributed by atoms with Crippen molar-refractivity contribution in [2.24, 2.45) is 4.99 Å². The first-order chi connectivity index (χ1) is 8.08. The predicted octanol–water partition coefficient (Wildman–Crippen LogP) is -1.11. The number of hydrogen-bond acceptors (Lipinski definition) is 7. The second kappa shape index (κ2) is 5.11. The van der Waals surface area contributed by atoms with Gasteiger partial charge in [0.2, 0.25) is 0 Å². The molecule has 2 heterocycles. The van der Waals surface area contributed by atoms with E-state index in [-0.39, 0.29) is 5.44 Å². The lowest BCUT2D eigenvalue weighted by atomic mass is 9.94. The van der Waals surface area contributed by atoms with E-state index in [4.69, 9.17) is 4.74 Å². The standard InChI is InChI=1S/C10H18N2O4S/c1-3-4(13)8-7(15)6(14)5-9(16-8)17-10(11-2)12-5/h4-9,13-15H,3H2,1-2H3,(H,11,12)/t4-,5-,6-,7+,8-,9-/m1/s1. The molecule has 6 atom stereocenters. The molecule has 4 N–H and O–H groups in total. The van der Waals surface area contributed by atoms with E-state index in [1.807, 2.05) is 0 Å². The smallest absolute Gasteiger partial charge is 0.159 e. The summed E-state index contributed by atoms with van der Waals surface area (Å²) >= 11 is 1.37. The number of hydrogen-bond donors (Lipinski definition) is 4. The third kappa shape index (κ3) is 2.30. The van der Waals surface area contributed by atoms with E-state index in [1.54, 1.807) is 14.0 Å². The molecule has 2 aliphatic heterocycles. The molecule has 0 unspecified atom stereocenters. The number of thioether (sulfide) groups is 1. The van der Waals surface area contributed by atoms with Gasteiger partial charge in [-0.3, -0.25) is 4.99 Å². The first kappa shape index (κ1) is 13.1. The molecule has 1 fully saturated rings. The van der Waals surface area contributed by atoms with Gasteiger partial charge in [-0.25, -0.2) is 0 Å². The van der Waals surface area contributed by atoms with Crippen LogP contribution in [0.3, 0.4) is 0 Å². The second-order valence-corrected chi connectivity index (χ2v) is 5.31. The van der Waals surface area contributed by atoms with Crippen molar-refractivity contribution in [3.05, 3.63) is 0 Å². The molecule has 98 valence electrons. The number of aliphatic hydroxyl groups excluding tert-OH is 3. The van der Waals surface area contributed by atoms with E-state index in [0.29, 0.717) is 11.6 Å². The molecule has 2 aliphatic rings. The van der Waals surface area contributed by atoms with Gasteiger partial charge in [-0.1, -0.05) is 18.7 Å². The monoisotopic (exact) mass is 262 g/mol. The van der Waals surface area contributed by atoms with Gasteiger partial charge in [0.25, 0.3) is 0 Å². The molecule has 2 rings (SSSR count). The van der Waals surface area contributed by atoms with Crippen LogP contribution < -0.4 is 5.32 Å². The number of fused-ring (bicyclic) bond motifs is 1. The molecule has 0 aromatic heterocycles. The van der Waals surface area contributed by atoms with Crippen molar-refractivity contribution in [2.75, 3.05) is 7.05 Å². The fourth-order valence-electron chi connectivity index (χ4n) is 2.06. The summed E-state index contributed by atoms with van der Waals surface area (Å²) in [6, 6.07) is -0.474. The van der Waals surface area contributed by atoms with Gasteiger partial charge in [0.1, 0.15) is 29.8 Å². The van der Waals surface area contributed by atoms with Crippen LogP contribution in [0.4, 0.5) is 0 Å². The normalized spacial score (nSPS) is 42.9. The van der Waals surface area contributed by atoms with Crippen LogP contribution in [-0.4, -0.2) is 63.4 Å². The first-order valence-electron chi connectivity index (χ1n) is 5.70. The molecule has 0 spiro atoms. The minimum atomic E-state index is -1.10. The summed E-state index contributed by atoms with van der Waals surface area (Å²) in [5.41, 5.74) is -0.345. The van der Waals surface area contributed by atoms with Crippen LogP contribution in [0.15, 0.2) is 4.99 Å². The summed E-state index contributed by atoms with van der Waals surface area (Å²) in [7, 11) is 1.74. The molecule has 0 aliphatic carbocycles. The Hall–Kier alpha value is -0.340. The molecule has 0 bridgehead atoms. The minimum Gasteiger partial charge on any atom is -0.390 e. The van der Waals surface area contributed by atoms with Gasteiger partial charge in [-0.15, -0.1) is 0 Å². The molecular formula is C10H18N2O4S. The highest BCUT2D eigenvalue weighted by Crippen LogP contribution is 2.36. The molecule has 0 aromatic rings. The maximum absolute atomic E-state index is 9.99. The summed E-state index contributed by atoms with van der Waals surface area (Å²) in [6.07, 6.45) is -3.17. The van der Waals surface area contributed by atoms with Crippen LogP contribution in [-0.2, 0) is 4.74 Å². The third-order valence-electron chi connectivity index (χ3n) is 3.11. The molecule has 0 saturated carbocycles. The lowest BCUT2D eigenvalue weighted by Crippen LogP contribution is -2.58. The predicted molar refractivity (Wildman–Crippen MR) is 64.8 cm³/mol. The summed E-state index contributed by atoms with van der Waals surface area (Å²) in [5, 5.41) is 33.2. The molecular weight excluding hydrogens is 244 g/mol. The molecule has 7 heteroatoms. The second-order valence-electron chi connectivity index (χ2n) is 4.22. The fraction of sp³-hybridized carbons (Fsp3) is 0.900. The van der Waals surface area contributed by atoms with Crippen LogP contribution in [0.5, 0.6) is 0 Å². The van der Waals surface area contributed by atoms with E-state index in [0.717, 1.165) is 0 Å². The average molecular weight is 262 g/mol. The van der Waals surface area contributed by atoms with Crippen LogP contribution in [0, 0.1) is 0 Å². The molecule has 17 heavy (non-hydrogen) atoms. The van der Waals surface area contributed by atoms with Crippen molar-refractivity contribution in [2.45, 2.75) is 49.2 Å². The van der Waals surface area contributed by atoms with Crippen molar-refractivity contribution in [1.82, 2.24) is 5.32 Å². The Balaban J connectivity index is 2.12. The highest BCUT2D eigenvalue weighted by Gasteiger charge is 2.49. The topological polar surface area (TPSA) is 94.3 Å². The molecule has 0 amide bonds. The van der Waals surface area contributed by atoms with Gasteiger partial charge >= 0.3 is 0 Å². The zero-order chi connectivity index (χ0) is 12.6. The van der Waals surface area contributed by atoms with Crippen molar-refractivity contribution < 1.29 is 20.1 Å². The lowest BCUT2D eigenvalue weighted by Gasteiger charge is -2.40. The van der Waals surface area contributed by atoms with Gasteiger partial charge < -0.3 is 25.4 Å². The van der Waals surface area contributed by atoms with E-state index in [9.17, 15) is 15.3 Å². The largest absolute Gasteiger partial charge is 0.390 e. The van der Waals surface area contributed by atoms with E-state index < -0.39 is 30.5 Å². The van der Waals surface area contributed by atoms with E-state index in [1.165, 1.54) is 11.8 Å². The zero-order valence-electron chi connectivity index (χ0n) is 9.78. The van der Waals surface area contributed by atoms with Gasteiger partial charge in [-0.05, 0) is 6.42 Å². The van der Waals surface area contributed by atoms with E-state index in [2.05, 4.69) is 10.3 Å². The zero-order valence-corrected chi connectivity index (χ0v) is 10.6. The Morgan fingerprint density at radius 1 is 1.47 bits per heavy atom. The van der Waals surface area contributed by atoms with Crippen LogP contribution in [0.2, 0.25) is 0 Å². The molecule has 1 saturated heterocycles. The van der Waals surface area contributed by atoms with Crippen LogP contribution >= 0.6 is 11.8 Å². The van der Waals surface area contributed by atoms with Crippen molar-refractivity contribution in [3.63, 3.8) is 0 Å². The maximum atomic E-state index is 9.99. The quantitative estimate of drug-likeness (QED) is 0.504. The van der Waals surface area contributed by atoms with Crippen LogP contribution in [0.1, 0.15) is 13.3 Å². The van der Waals surface area contributed by atoms with Gasteiger partial charge in [0, 0.05) is 7.05 Å². The average Bonchev–Trinajstić information content (AvgIpc) is 2.76. The highest BCUT2D eigenvalue weighted by atomic mass is 32.2. The van der Waals surface area contributed by atoms with E-state index >= 15 is 0 Å². The van der Waals surface area contributed by atoms with Gasteiger partial charge in [-0.2, -0.15) is 0 Å². The summed E-state index contributed by atoms with van der Waals surface area (Å²) < 4.78 is 5.63. The molecule has 0 aromatic carbocycles. The Bertz CT molecular complexity index is 315. The first-order valence-corrected chi connectivity index (χ1v) is 6.58. The number of aliphatic hydroxyl groups is 3. The molecule has 6 nitrogen and oxygen atoms in total. The highest BCUT2D eigenvalue weighted by molar-refractivity contribution is 8.14. The number of nitrogens with one attached hydrogen (secondary N) is 1. The summed E-state index contributed by atoms with van der Waals surface area (Å²) in [6.45, 7) is 1.80. The Morgan fingerprint density at radius 3 is 2.76 bits per heavy atom. The minimum absolute atomic E-state index is 0.345. The Kier molecular flexibility index (Phi) is 3.94. The van der Waals surface area contributed by atoms with Crippen molar-refractivity contribution >= 4 is 16.9 Å². The SMILES string of the molecule is CC[C@@H](O)[C@H]1O[C@@H]2SC(NC)=N[C@@H]2[C@@H](O)[C@@H]1O. The van der Waals surface area contributed by atoms with Crippen LogP contribution in [0.25, 0.3) is 0 Å². The summed E-state index contributed by atoms with van der Waals surface area (Å²) in [5.74, 6) is 0. The molecule has 0 radical (unpaired) electrons. The number of aliphatic imine (C=N–C) groups is 1. The number of ether oxygens (including phenoxy) is 1. The Labute approximate surface area is 104 Å². The van der Waals surface area contributed by atoms with Gasteiger partial charge in [0.15, 0.2) is 5.17 Å². The number of nitrogens with zero attached hydrogens (tertiary/aromatic N) is 1. The fourth-order valence-corrected chi connectivity index (χ4v) is 3.12.